The zero-order chi connectivity index (χ0) is 24.6. The SMILES string of the molecule is CCCC[C@@H](CC(=O)OC(C)(C)C)Nc1nc(N)nc(C)c1Cc1cc(CCl)ccc1OC. The van der Waals surface area contributed by atoms with E-state index in [1.165, 1.54) is 0 Å². The number of nitrogens with zero attached hydrogens (tertiary/aromatic N) is 2. The van der Waals surface area contributed by atoms with Gasteiger partial charge in [0.15, 0.2) is 0 Å². The summed E-state index contributed by atoms with van der Waals surface area (Å²) < 4.78 is 11.1. The third-order valence-corrected chi connectivity index (χ3v) is 5.49. The lowest BCUT2D eigenvalue weighted by Gasteiger charge is -2.24. The molecule has 0 amide bonds. The fourth-order valence-corrected chi connectivity index (χ4v) is 3.81. The smallest absolute Gasteiger partial charge is 0.308 e. The first kappa shape index (κ1) is 26.7. The average molecular weight is 477 g/mol. The van der Waals surface area contributed by atoms with E-state index in [-0.39, 0.29) is 24.4 Å². The molecule has 1 aromatic carbocycles. The van der Waals surface area contributed by atoms with E-state index < -0.39 is 5.60 Å². The van der Waals surface area contributed by atoms with Crippen LogP contribution in [0.2, 0.25) is 0 Å². The number of hydrogen-bond acceptors (Lipinski definition) is 7. The molecule has 0 aliphatic heterocycles. The van der Waals surface area contributed by atoms with Gasteiger partial charge >= 0.3 is 5.97 Å². The molecule has 0 radical (unpaired) electrons. The summed E-state index contributed by atoms with van der Waals surface area (Å²) in [7, 11) is 1.65. The second-order valence-corrected chi connectivity index (χ2v) is 9.49. The van der Waals surface area contributed by atoms with Crippen LogP contribution in [0.25, 0.3) is 0 Å². The van der Waals surface area contributed by atoms with Crippen LogP contribution in [0.3, 0.4) is 0 Å². The number of benzene rings is 1. The molecule has 0 fully saturated rings. The molecule has 0 spiro atoms. The zero-order valence-electron chi connectivity index (χ0n) is 20.6. The highest BCUT2D eigenvalue weighted by atomic mass is 35.5. The van der Waals surface area contributed by atoms with Crippen LogP contribution in [0.4, 0.5) is 11.8 Å². The topological polar surface area (TPSA) is 99.4 Å². The number of nitrogens with one attached hydrogen (secondary N) is 1. The van der Waals surface area contributed by atoms with E-state index in [9.17, 15) is 4.79 Å². The van der Waals surface area contributed by atoms with Crippen molar-refractivity contribution in [3.8, 4) is 5.75 Å². The summed E-state index contributed by atoms with van der Waals surface area (Å²) in [6, 6.07) is 5.76. The van der Waals surface area contributed by atoms with Crippen molar-refractivity contribution in [3.05, 3.63) is 40.6 Å². The van der Waals surface area contributed by atoms with Gasteiger partial charge in [-0.3, -0.25) is 4.79 Å². The maximum Gasteiger partial charge on any atom is 0.308 e. The first-order valence-electron chi connectivity index (χ1n) is 11.4. The Hall–Kier alpha value is -2.54. The van der Waals surface area contributed by atoms with Gasteiger partial charge in [0.25, 0.3) is 0 Å². The summed E-state index contributed by atoms with van der Waals surface area (Å²) in [6.07, 6.45) is 3.58. The van der Waals surface area contributed by atoms with E-state index >= 15 is 0 Å². The Morgan fingerprint density at radius 1 is 1.27 bits per heavy atom. The van der Waals surface area contributed by atoms with Crippen molar-refractivity contribution in [2.45, 2.75) is 84.2 Å². The summed E-state index contributed by atoms with van der Waals surface area (Å²) in [5.41, 5.74) is 9.11. The molecule has 1 aromatic heterocycles. The van der Waals surface area contributed by atoms with Crippen LogP contribution in [0, 0.1) is 6.92 Å². The number of alkyl halides is 1. The summed E-state index contributed by atoms with van der Waals surface area (Å²) in [5, 5.41) is 3.47. The van der Waals surface area contributed by atoms with Crippen LogP contribution in [-0.4, -0.2) is 34.7 Å². The van der Waals surface area contributed by atoms with Gasteiger partial charge in [-0.2, -0.15) is 4.98 Å². The second kappa shape index (κ2) is 12.1. The average Bonchev–Trinajstić information content (AvgIpc) is 2.72. The Kier molecular flexibility index (Phi) is 9.77. The molecule has 33 heavy (non-hydrogen) atoms. The van der Waals surface area contributed by atoms with Crippen molar-refractivity contribution in [1.29, 1.82) is 0 Å². The maximum atomic E-state index is 12.5. The van der Waals surface area contributed by atoms with Crippen molar-refractivity contribution in [2.24, 2.45) is 0 Å². The third-order valence-electron chi connectivity index (χ3n) is 5.18. The van der Waals surface area contributed by atoms with Gasteiger partial charge in [0.05, 0.1) is 13.5 Å². The Balaban J connectivity index is 2.37. The van der Waals surface area contributed by atoms with Crippen molar-refractivity contribution < 1.29 is 14.3 Å². The number of hydrogen-bond donors (Lipinski definition) is 2. The number of aromatic nitrogens is 2. The van der Waals surface area contributed by atoms with Crippen LogP contribution >= 0.6 is 11.6 Å². The van der Waals surface area contributed by atoms with E-state index in [1.54, 1.807) is 7.11 Å². The highest BCUT2D eigenvalue weighted by molar-refractivity contribution is 6.17. The van der Waals surface area contributed by atoms with Gasteiger partial charge in [0.2, 0.25) is 5.95 Å². The van der Waals surface area contributed by atoms with Crippen LogP contribution in [-0.2, 0) is 21.8 Å². The van der Waals surface area contributed by atoms with E-state index in [0.29, 0.717) is 18.1 Å². The Morgan fingerprint density at radius 3 is 2.61 bits per heavy atom. The van der Waals surface area contributed by atoms with Crippen molar-refractivity contribution >= 4 is 29.3 Å². The van der Waals surface area contributed by atoms with E-state index in [1.807, 2.05) is 45.9 Å². The molecule has 0 aliphatic carbocycles. The first-order chi connectivity index (χ1) is 15.6. The normalized spacial score (nSPS) is 12.3. The van der Waals surface area contributed by atoms with Crippen molar-refractivity contribution in [1.82, 2.24) is 9.97 Å². The fourth-order valence-electron chi connectivity index (χ4n) is 3.65. The summed E-state index contributed by atoms with van der Waals surface area (Å²) in [6.45, 7) is 9.64. The first-order valence-corrected chi connectivity index (χ1v) is 11.9. The number of rotatable bonds is 11. The molecular formula is C25H37ClN4O3. The number of carbonyl (C=O) groups is 1. The molecule has 0 unspecified atom stereocenters. The number of halogens is 1. The van der Waals surface area contributed by atoms with Gasteiger partial charge in [-0.25, -0.2) is 4.98 Å². The molecule has 7 nitrogen and oxygen atoms in total. The quantitative estimate of drug-likeness (QED) is 0.330. The standard InChI is InChI=1S/C25H37ClN4O3/c1-7-8-9-19(14-22(31)33-25(3,4)5)29-23-20(16(2)28-24(27)30-23)13-18-12-17(15-26)10-11-21(18)32-6/h10-12,19H,7-9,13-15H2,1-6H3,(H3,27,28,29,30)/t19-/m0/s1. The van der Waals surface area contributed by atoms with E-state index in [0.717, 1.165) is 47.4 Å². The number of carbonyl (C=O) groups excluding carboxylic acids is 1. The Labute approximate surface area is 202 Å². The molecule has 182 valence electrons. The monoisotopic (exact) mass is 476 g/mol. The van der Waals surface area contributed by atoms with Crippen molar-refractivity contribution in [3.63, 3.8) is 0 Å². The number of aryl methyl sites for hydroxylation is 1. The van der Waals surface area contributed by atoms with Crippen LogP contribution in [0.15, 0.2) is 18.2 Å². The molecular weight excluding hydrogens is 440 g/mol. The van der Waals surface area contributed by atoms with Gasteiger partial charge in [0, 0.05) is 29.6 Å². The predicted octanol–water partition coefficient (Wildman–Crippen LogP) is 5.41. The molecule has 0 saturated carbocycles. The molecule has 0 aliphatic rings. The highest BCUT2D eigenvalue weighted by Crippen LogP contribution is 2.29. The number of nitrogen functional groups attached to an aromatic ring is 1. The minimum Gasteiger partial charge on any atom is -0.496 e. The van der Waals surface area contributed by atoms with Gasteiger partial charge in [-0.15, -0.1) is 11.6 Å². The van der Waals surface area contributed by atoms with Crippen LogP contribution < -0.4 is 15.8 Å². The van der Waals surface area contributed by atoms with E-state index in [4.69, 9.17) is 26.8 Å². The van der Waals surface area contributed by atoms with Gasteiger partial charge in [-0.05, 0) is 51.3 Å². The number of esters is 1. The number of methoxy groups -OCH3 is 1. The summed E-state index contributed by atoms with van der Waals surface area (Å²) >= 11 is 6.05. The number of ether oxygens (including phenoxy) is 2. The molecule has 2 rings (SSSR count). The lowest BCUT2D eigenvalue weighted by atomic mass is 10.00. The molecule has 0 bridgehead atoms. The van der Waals surface area contributed by atoms with Crippen LogP contribution in [0.1, 0.15) is 75.8 Å². The molecule has 8 heteroatoms. The highest BCUT2D eigenvalue weighted by Gasteiger charge is 2.23. The summed E-state index contributed by atoms with van der Waals surface area (Å²) in [5.74, 6) is 1.75. The molecule has 1 atom stereocenters. The lowest BCUT2D eigenvalue weighted by Crippen LogP contribution is -2.30. The molecule has 2 aromatic rings. The van der Waals surface area contributed by atoms with Gasteiger partial charge in [-0.1, -0.05) is 31.9 Å². The van der Waals surface area contributed by atoms with Gasteiger partial charge in [0.1, 0.15) is 17.2 Å². The molecule has 3 N–H and O–H groups in total. The van der Waals surface area contributed by atoms with Crippen molar-refractivity contribution in [2.75, 3.05) is 18.2 Å². The maximum absolute atomic E-state index is 12.5. The minimum absolute atomic E-state index is 0.136. The Morgan fingerprint density at radius 2 is 2.00 bits per heavy atom. The third kappa shape index (κ3) is 8.39. The number of anilines is 2. The predicted molar refractivity (Wildman–Crippen MR) is 134 cm³/mol. The summed E-state index contributed by atoms with van der Waals surface area (Å²) in [4.78, 5) is 21.4. The van der Waals surface area contributed by atoms with Crippen LogP contribution in [0.5, 0.6) is 5.75 Å². The largest absolute Gasteiger partial charge is 0.496 e. The Bertz CT molecular complexity index is 944. The molecule has 1 heterocycles. The molecule has 0 saturated heterocycles. The second-order valence-electron chi connectivity index (χ2n) is 9.23. The zero-order valence-corrected chi connectivity index (χ0v) is 21.4. The lowest BCUT2D eigenvalue weighted by molar-refractivity contribution is -0.155. The van der Waals surface area contributed by atoms with Gasteiger partial charge < -0.3 is 20.5 Å². The van der Waals surface area contributed by atoms with E-state index in [2.05, 4.69) is 22.2 Å². The minimum atomic E-state index is -0.530. The number of nitrogens with two attached hydrogens (primary N) is 1. The number of unbranched alkanes of at least 4 members (excludes halogenated alkanes) is 1. The fraction of sp³-hybridized carbons (Fsp3) is 0.560.